The Morgan fingerprint density at radius 3 is 2.86 bits per heavy atom. The van der Waals surface area contributed by atoms with E-state index in [0.29, 0.717) is 6.54 Å². The zero-order valence-corrected chi connectivity index (χ0v) is 13.3. The molecule has 7 heteroatoms. The number of nitrogens with zero attached hydrogens (tertiary/aromatic N) is 1. The van der Waals surface area contributed by atoms with Gasteiger partial charge < -0.3 is 14.5 Å². The summed E-state index contributed by atoms with van der Waals surface area (Å²) >= 11 is 7.66. The molecule has 2 saturated heterocycles. The van der Waals surface area contributed by atoms with Gasteiger partial charge in [0.25, 0.3) is 5.91 Å². The summed E-state index contributed by atoms with van der Waals surface area (Å²) in [4.78, 5) is 14.6. The number of hydrogen-bond donors (Lipinski definition) is 1. The largest absolute Gasteiger partial charge is 0.440 e. The second-order valence-corrected chi connectivity index (χ2v) is 6.89. The molecule has 1 aromatic rings. The minimum absolute atomic E-state index is 0.0422. The van der Waals surface area contributed by atoms with E-state index in [0.717, 1.165) is 44.2 Å². The Morgan fingerprint density at radius 1 is 1.43 bits per heavy atom. The highest BCUT2D eigenvalue weighted by Gasteiger charge is 2.41. The lowest BCUT2D eigenvalue weighted by atomic mass is 9.95. The number of carbonyl (C=O) groups excluding carboxylic acids is 1. The Kier molecular flexibility index (Phi) is 4.78. The number of thioether (sulfide) groups is 1. The van der Waals surface area contributed by atoms with Crippen LogP contribution in [0.1, 0.15) is 17.0 Å². The van der Waals surface area contributed by atoms with Crippen molar-refractivity contribution in [1.29, 1.82) is 0 Å². The van der Waals surface area contributed by atoms with Gasteiger partial charge in [-0.1, -0.05) is 0 Å². The number of amides is 1. The van der Waals surface area contributed by atoms with Crippen LogP contribution < -0.4 is 5.32 Å². The molecule has 2 fully saturated rings. The quantitative estimate of drug-likeness (QED) is 0.913. The van der Waals surface area contributed by atoms with Crippen molar-refractivity contribution in [1.82, 2.24) is 10.2 Å². The number of hydrogen-bond acceptors (Lipinski definition) is 5. The summed E-state index contributed by atoms with van der Waals surface area (Å²) in [5, 5.41) is 3.24. The summed E-state index contributed by atoms with van der Waals surface area (Å²) in [6.45, 7) is 4.05. The third kappa shape index (κ3) is 3.39. The molecule has 116 valence electrons. The van der Waals surface area contributed by atoms with Gasteiger partial charge in [-0.05, 0) is 35.9 Å². The Balaban J connectivity index is 1.64. The molecular formula is C14H19ClN2O3S. The Hall–Kier alpha value is -0.690. The average Bonchev–Trinajstić information content (AvgIpc) is 3.16. The maximum Gasteiger partial charge on any atom is 0.287 e. The van der Waals surface area contributed by atoms with Gasteiger partial charge in [-0.25, -0.2) is 0 Å². The maximum atomic E-state index is 12.1. The first-order valence-electron chi connectivity index (χ1n) is 7.14. The molecule has 1 atom stereocenters. The fourth-order valence-corrected chi connectivity index (χ4v) is 4.53. The van der Waals surface area contributed by atoms with Crippen LogP contribution in [-0.4, -0.2) is 60.7 Å². The van der Waals surface area contributed by atoms with E-state index < -0.39 is 0 Å². The first-order valence-corrected chi connectivity index (χ1v) is 8.67. The van der Waals surface area contributed by atoms with Crippen LogP contribution in [0, 0.1) is 0 Å². The van der Waals surface area contributed by atoms with E-state index >= 15 is 0 Å². The van der Waals surface area contributed by atoms with Gasteiger partial charge in [-0.3, -0.25) is 9.69 Å². The molecule has 0 unspecified atom stereocenters. The number of halogens is 1. The molecule has 1 aromatic heterocycles. The molecule has 3 rings (SSSR count). The molecule has 2 aliphatic rings. The highest BCUT2D eigenvalue weighted by atomic mass is 35.5. The zero-order chi connectivity index (χ0) is 14.7. The molecular weight excluding hydrogens is 312 g/mol. The predicted molar refractivity (Wildman–Crippen MR) is 83.1 cm³/mol. The second kappa shape index (κ2) is 6.60. The summed E-state index contributed by atoms with van der Waals surface area (Å²) in [6, 6.07) is 3.18. The lowest BCUT2D eigenvalue weighted by molar-refractivity contribution is -0.0129. The van der Waals surface area contributed by atoms with Crippen molar-refractivity contribution in [3.63, 3.8) is 0 Å². The van der Waals surface area contributed by atoms with E-state index in [9.17, 15) is 4.79 Å². The Labute approximate surface area is 133 Å². The third-order valence-electron chi connectivity index (χ3n) is 4.14. The molecule has 0 aliphatic carbocycles. The first-order chi connectivity index (χ1) is 10.2. The molecule has 3 heterocycles. The van der Waals surface area contributed by atoms with Crippen molar-refractivity contribution in [3.8, 4) is 0 Å². The van der Waals surface area contributed by atoms with Crippen molar-refractivity contribution >= 4 is 29.3 Å². The number of carbonyl (C=O) groups is 1. The monoisotopic (exact) mass is 330 g/mol. The van der Waals surface area contributed by atoms with E-state index in [4.69, 9.17) is 20.8 Å². The standard InChI is InChI=1S/C14H19ClN2O3S/c15-12-2-1-11(20-12)13(18)16-9-14(3-8-21-10-14)17-4-6-19-7-5-17/h1-2H,3-10H2,(H,16,18)/t14-/m0/s1. The lowest BCUT2D eigenvalue weighted by Gasteiger charge is -2.42. The molecule has 0 saturated carbocycles. The number of morpholine rings is 1. The molecule has 1 amide bonds. The highest BCUT2D eigenvalue weighted by Crippen LogP contribution is 2.33. The Morgan fingerprint density at radius 2 is 2.24 bits per heavy atom. The lowest BCUT2D eigenvalue weighted by Crippen LogP contribution is -2.59. The van der Waals surface area contributed by atoms with Gasteiger partial charge in [0.15, 0.2) is 11.0 Å². The topological polar surface area (TPSA) is 54.7 Å². The minimum Gasteiger partial charge on any atom is -0.440 e. The normalized spacial score (nSPS) is 26.9. The fourth-order valence-electron chi connectivity index (χ4n) is 2.90. The van der Waals surface area contributed by atoms with Crippen LogP contribution in [0.4, 0.5) is 0 Å². The smallest absolute Gasteiger partial charge is 0.287 e. The molecule has 1 N–H and O–H groups in total. The molecule has 21 heavy (non-hydrogen) atoms. The van der Waals surface area contributed by atoms with Gasteiger partial charge in [0.05, 0.1) is 13.2 Å². The van der Waals surface area contributed by atoms with Gasteiger partial charge in [0.1, 0.15) is 0 Å². The first kappa shape index (κ1) is 15.2. The molecule has 5 nitrogen and oxygen atoms in total. The number of nitrogens with one attached hydrogen (secondary N) is 1. The van der Waals surface area contributed by atoms with Crippen LogP contribution in [0.25, 0.3) is 0 Å². The van der Waals surface area contributed by atoms with Crippen molar-refractivity contribution in [2.75, 3.05) is 44.4 Å². The van der Waals surface area contributed by atoms with Crippen LogP contribution in [0.5, 0.6) is 0 Å². The third-order valence-corrected chi connectivity index (χ3v) is 5.58. The summed E-state index contributed by atoms with van der Waals surface area (Å²) in [7, 11) is 0. The SMILES string of the molecule is O=C(NC[C@@]1(N2CCOCC2)CCSC1)c1ccc(Cl)o1. The van der Waals surface area contributed by atoms with E-state index in [1.165, 1.54) is 0 Å². The van der Waals surface area contributed by atoms with Crippen molar-refractivity contribution in [2.45, 2.75) is 12.0 Å². The van der Waals surface area contributed by atoms with E-state index in [1.807, 2.05) is 11.8 Å². The van der Waals surface area contributed by atoms with Crippen LogP contribution in [0.3, 0.4) is 0 Å². The van der Waals surface area contributed by atoms with Gasteiger partial charge in [0, 0.05) is 30.9 Å². The molecule has 0 spiro atoms. The van der Waals surface area contributed by atoms with Gasteiger partial charge in [-0.2, -0.15) is 11.8 Å². The van der Waals surface area contributed by atoms with E-state index in [-0.39, 0.29) is 22.4 Å². The van der Waals surface area contributed by atoms with Crippen LogP contribution >= 0.6 is 23.4 Å². The summed E-state index contributed by atoms with van der Waals surface area (Å²) in [5.74, 6) is 2.25. The van der Waals surface area contributed by atoms with Crippen molar-refractivity contribution in [2.24, 2.45) is 0 Å². The zero-order valence-electron chi connectivity index (χ0n) is 11.8. The van der Waals surface area contributed by atoms with Crippen LogP contribution in [-0.2, 0) is 4.74 Å². The highest BCUT2D eigenvalue weighted by molar-refractivity contribution is 7.99. The van der Waals surface area contributed by atoms with Crippen LogP contribution in [0.15, 0.2) is 16.5 Å². The van der Waals surface area contributed by atoms with E-state index in [1.54, 1.807) is 12.1 Å². The molecule has 0 radical (unpaired) electrons. The number of ether oxygens (including phenoxy) is 1. The molecule has 2 aliphatic heterocycles. The Bertz CT molecular complexity index is 496. The van der Waals surface area contributed by atoms with Gasteiger partial charge in [0.2, 0.25) is 0 Å². The fraction of sp³-hybridized carbons (Fsp3) is 0.643. The summed E-state index contributed by atoms with van der Waals surface area (Å²) in [5.41, 5.74) is 0.0422. The van der Waals surface area contributed by atoms with Crippen molar-refractivity contribution in [3.05, 3.63) is 23.1 Å². The second-order valence-electron chi connectivity index (χ2n) is 5.41. The summed E-state index contributed by atoms with van der Waals surface area (Å²) < 4.78 is 10.6. The van der Waals surface area contributed by atoms with Crippen LogP contribution in [0.2, 0.25) is 5.22 Å². The van der Waals surface area contributed by atoms with E-state index in [2.05, 4.69) is 10.2 Å². The van der Waals surface area contributed by atoms with Crippen molar-refractivity contribution < 1.29 is 13.9 Å². The van der Waals surface area contributed by atoms with Gasteiger partial charge in [-0.15, -0.1) is 0 Å². The van der Waals surface area contributed by atoms with Gasteiger partial charge >= 0.3 is 0 Å². The molecule has 0 aromatic carbocycles. The number of furan rings is 1. The average molecular weight is 331 g/mol. The maximum absolute atomic E-state index is 12.1. The minimum atomic E-state index is -0.202. The summed E-state index contributed by atoms with van der Waals surface area (Å²) in [6.07, 6.45) is 1.09. The molecule has 0 bridgehead atoms. The predicted octanol–water partition coefficient (Wildman–Crippen LogP) is 1.87. The number of rotatable bonds is 4.